The lowest BCUT2D eigenvalue weighted by Crippen LogP contribution is -2.47. The number of rotatable bonds is 6. The van der Waals surface area contributed by atoms with Crippen LogP contribution in [0.3, 0.4) is 0 Å². The summed E-state index contributed by atoms with van der Waals surface area (Å²) in [7, 11) is 1.15. The number of anilines is 1. The summed E-state index contributed by atoms with van der Waals surface area (Å²) in [5.74, 6) is -4.16. The minimum atomic E-state index is -3.29. The van der Waals surface area contributed by atoms with Crippen molar-refractivity contribution in [1.29, 1.82) is 0 Å². The zero-order valence-electron chi connectivity index (χ0n) is 16.2. The molecule has 0 saturated heterocycles. The van der Waals surface area contributed by atoms with Gasteiger partial charge in [-0.05, 0) is 32.1 Å². The zero-order valence-corrected chi connectivity index (χ0v) is 16.9. The second-order valence-electron chi connectivity index (χ2n) is 6.96. The summed E-state index contributed by atoms with van der Waals surface area (Å²) in [6.07, 6.45) is 2.68. The van der Waals surface area contributed by atoms with Crippen LogP contribution in [0.5, 0.6) is 0 Å². The molecule has 1 heterocycles. The minimum Gasteiger partial charge on any atom is -0.382 e. The number of aldehydes is 1. The largest absolute Gasteiger partial charge is 0.382 e. The van der Waals surface area contributed by atoms with E-state index in [0.717, 1.165) is 30.3 Å². The van der Waals surface area contributed by atoms with Gasteiger partial charge in [0.25, 0.3) is 5.92 Å². The van der Waals surface area contributed by atoms with Crippen molar-refractivity contribution in [2.45, 2.75) is 32.3 Å². The van der Waals surface area contributed by atoms with Gasteiger partial charge >= 0.3 is 6.03 Å². The monoisotopic (exact) mass is 429 g/mol. The van der Waals surface area contributed by atoms with Crippen molar-refractivity contribution in [2.24, 2.45) is 5.16 Å². The van der Waals surface area contributed by atoms with Crippen molar-refractivity contribution in [2.75, 3.05) is 11.9 Å². The van der Waals surface area contributed by atoms with E-state index in [0.29, 0.717) is 18.1 Å². The quantitative estimate of drug-likeness (QED) is 0.373. The van der Waals surface area contributed by atoms with Crippen molar-refractivity contribution in [1.82, 2.24) is 4.90 Å². The number of alkyl halides is 2. The van der Waals surface area contributed by atoms with Crippen molar-refractivity contribution < 1.29 is 27.6 Å². The molecule has 0 radical (unpaired) electrons. The molecule has 10 heteroatoms. The van der Waals surface area contributed by atoms with Crippen molar-refractivity contribution in [3.63, 3.8) is 0 Å². The molecular weight excluding hydrogens is 411 g/mol. The van der Waals surface area contributed by atoms with Crippen LogP contribution in [0.4, 0.5) is 23.7 Å². The van der Waals surface area contributed by atoms with Gasteiger partial charge in [-0.1, -0.05) is 23.3 Å². The number of urea groups is 1. The Morgan fingerprint density at radius 2 is 1.90 bits per heavy atom. The summed E-state index contributed by atoms with van der Waals surface area (Å²) >= 11 is 6.01. The highest BCUT2D eigenvalue weighted by Crippen LogP contribution is 2.36. The third kappa shape index (κ3) is 4.79. The SMILES string of the molecule is C=C1C=C(C(C)(F)F)N(C)C(=O)N1c1cc(/C=N/OC(C)(C)C=O)c(Cl)cc1F. The average molecular weight is 430 g/mol. The van der Waals surface area contributed by atoms with E-state index in [1.54, 1.807) is 0 Å². The molecule has 2 amide bonds. The Balaban J connectivity index is 2.46. The molecule has 0 aromatic heterocycles. The Labute approximate surface area is 170 Å². The number of oxime groups is 1. The maximum absolute atomic E-state index is 14.6. The molecule has 1 aromatic rings. The van der Waals surface area contributed by atoms with Gasteiger partial charge < -0.3 is 4.84 Å². The van der Waals surface area contributed by atoms with Gasteiger partial charge in [-0.2, -0.15) is 0 Å². The predicted octanol–water partition coefficient (Wildman–Crippen LogP) is 4.73. The fourth-order valence-corrected chi connectivity index (χ4v) is 2.64. The third-order valence-corrected chi connectivity index (χ3v) is 4.28. The van der Waals surface area contributed by atoms with Crippen LogP contribution in [0.2, 0.25) is 5.02 Å². The molecule has 0 aliphatic carbocycles. The molecule has 1 aliphatic rings. The maximum atomic E-state index is 14.6. The summed E-state index contributed by atoms with van der Waals surface area (Å²) < 4.78 is 42.0. The number of amides is 2. The lowest BCUT2D eigenvalue weighted by atomic mass is 10.1. The van der Waals surface area contributed by atoms with Gasteiger partial charge in [-0.15, -0.1) is 0 Å². The highest BCUT2D eigenvalue weighted by molar-refractivity contribution is 6.33. The highest BCUT2D eigenvalue weighted by Gasteiger charge is 2.40. The lowest BCUT2D eigenvalue weighted by molar-refractivity contribution is -0.126. The second kappa shape index (κ2) is 7.90. The maximum Gasteiger partial charge on any atom is 0.333 e. The van der Waals surface area contributed by atoms with E-state index in [2.05, 4.69) is 11.7 Å². The van der Waals surface area contributed by atoms with Gasteiger partial charge in [0.15, 0.2) is 11.9 Å². The van der Waals surface area contributed by atoms with E-state index >= 15 is 0 Å². The summed E-state index contributed by atoms with van der Waals surface area (Å²) in [6.45, 7) is 7.20. The normalized spacial score (nSPS) is 15.8. The number of hydrogen-bond acceptors (Lipinski definition) is 4. The first-order valence-electron chi connectivity index (χ1n) is 8.32. The predicted molar refractivity (Wildman–Crippen MR) is 104 cm³/mol. The molecule has 0 unspecified atom stereocenters. The van der Waals surface area contributed by atoms with E-state index in [4.69, 9.17) is 16.4 Å². The van der Waals surface area contributed by atoms with Crippen LogP contribution in [-0.4, -0.2) is 42.0 Å². The first-order chi connectivity index (χ1) is 13.3. The fraction of sp³-hybridized carbons (Fsp3) is 0.316. The molecule has 0 fully saturated rings. The molecule has 0 spiro atoms. The highest BCUT2D eigenvalue weighted by atomic mass is 35.5. The van der Waals surface area contributed by atoms with Crippen LogP contribution >= 0.6 is 11.6 Å². The summed E-state index contributed by atoms with van der Waals surface area (Å²) in [5, 5.41) is 3.61. The van der Waals surface area contributed by atoms with E-state index in [-0.39, 0.29) is 22.0 Å². The molecule has 1 aliphatic heterocycles. The number of carbonyl (C=O) groups is 2. The zero-order chi connectivity index (χ0) is 22.1. The van der Waals surface area contributed by atoms with Crippen LogP contribution in [0.1, 0.15) is 26.3 Å². The first kappa shape index (κ1) is 22.5. The molecule has 29 heavy (non-hydrogen) atoms. The Bertz CT molecular complexity index is 923. The smallest absolute Gasteiger partial charge is 0.333 e. The molecule has 2 rings (SSSR count). The van der Waals surface area contributed by atoms with Crippen molar-refractivity contribution in [3.05, 3.63) is 52.6 Å². The molecule has 6 nitrogen and oxygen atoms in total. The van der Waals surface area contributed by atoms with Crippen LogP contribution in [0, 0.1) is 5.82 Å². The number of allylic oxidation sites excluding steroid dienone is 2. The third-order valence-electron chi connectivity index (χ3n) is 3.95. The minimum absolute atomic E-state index is 0.0396. The van der Waals surface area contributed by atoms with Gasteiger partial charge in [0.05, 0.1) is 22.6 Å². The number of benzene rings is 1. The molecule has 0 atom stereocenters. The summed E-state index contributed by atoms with van der Waals surface area (Å²) in [5.41, 5.74) is -1.99. The second-order valence-corrected chi connectivity index (χ2v) is 7.37. The van der Waals surface area contributed by atoms with E-state index < -0.39 is 29.1 Å². The van der Waals surface area contributed by atoms with Gasteiger partial charge in [-0.25, -0.2) is 18.0 Å². The molecule has 0 saturated carbocycles. The summed E-state index contributed by atoms with van der Waals surface area (Å²) in [6, 6.07) is 1.21. The Morgan fingerprint density at radius 1 is 1.28 bits per heavy atom. The summed E-state index contributed by atoms with van der Waals surface area (Å²) in [4.78, 5) is 30.1. The van der Waals surface area contributed by atoms with Crippen LogP contribution < -0.4 is 4.90 Å². The number of nitrogens with zero attached hydrogens (tertiary/aromatic N) is 3. The number of halogens is 4. The van der Waals surface area contributed by atoms with Gasteiger partial charge in [0.2, 0.25) is 0 Å². The first-order valence-corrected chi connectivity index (χ1v) is 8.70. The Kier molecular flexibility index (Phi) is 6.13. The Hall–Kier alpha value is -2.81. The molecule has 0 N–H and O–H groups in total. The van der Waals surface area contributed by atoms with E-state index in [1.807, 2.05) is 0 Å². The van der Waals surface area contributed by atoms with Gasteiger partial charge in [0.1, 0.15) is 5.82 Å². The standard InChI is InChI=1S/C19H19ClF3N3O3/c1-11-6-16(19(4,22)23)25(5)17(28)26(11)15-7-12(13(20)8-14(15)21)9-24-29-18(2,3)10-27/h6-10H,1H2,2-5H3/b24-9+. The molecule has 1 aromatic carbocycles. The van der Waals surface area contributed by atoms with Crippen LogP contribution in [0.25, 0.3) is 0 Å². The van der Waals surface area contributed by atoms with Crippen molar-refractivity contribution in [3.8, 4) is 0 Å². The lowest BCUT2D eigenvalue weighted by Gasteiger charge is -2.36. The fourth-order valence-electron chi connectivity index (χ4n) is 2.44. The molecule has 156 valence electrons. The average Bonchev–Trinajstić information content (AvgIpc) is 2.60. The van der Waals surface area contributed by atoms with Crippen LogP contribution in [-0.2, 0) is 9.63 Å². The topological polar surface area (TPSA) is 62.2 Å². The van der Waals surface area contributed by atoms with E-state index in [1.165, 1.54) is 19.9 Å². The number of hydrogen-bond donors (Lipinski definition) is 0. The Morgan fingerprint density at radius 3 is 2.45 bits per heavy atom. The van der Waals surface area contributed by atoms with Gasteiger partial charge in [-0.3, -0.25) is 14.6 Å². The van der Waals surface area contributed by atoms with E-state index in [9.17, 15) is 22.8 Å². The molecular formula is C19H19ClF3N3O3. The van der Waals surface area contributed by atoms with Gasteiger partial charge in [0, 0.05) is 25.2 Å². The van der Waals surface area contributed by atoms with Crippen LogP contribution in [0.15, 0.2) is 41.3 Å². The molecule has 0 bridgehead atoms. The number of carbonyl (C=O) groups excluding carboxylic acids is 2. The van der Waals surface area contributed by atoms with Crippen molar-refractivity contribution >= 4 is 35.8 Å².